The summed E-state index contributed by atoms with van der Waals surface area (Å²) < 4.78 is 5.33. The van der Waals surface area contributed by atoms with Gasteiger partial charge in [0.15, 0.2) is 5.69 Å². The van der Waals surface area contributed by atoms with Crippen molar-refractivity contribution in [2.45, 2.75) is 4.43 Å². The Morgan fingerprint density at radius 1 is 1.75 bits per heavy atom. The van der Waals surface area contributed by atoms with Crippen LogP contribution in [-0.2, 0) is 9.16 Å². The van der Waals surface area contributed by atoms with E-state index in [1.165, 1.54) is 7.11 Å². The molecule has 1 aromatic heterocycles. The molecule has 0 aliphatic carbocycles. The fourth-order valence-electron chi connectivity index (χ4n) is 0.827. The van der Waals surface area contributed by atoms with Gasteiger partial charge in [-0.2, -0.15) is 0 Å². The van der Waals surface area contributed by atoms with Crippen LogP contribution in [0, 0.1) is 0 Å². The normalized spacial score (nSPS) is 9.50. The number of methoxy groups -OCH3 is 1. The minimum Gasteiger partial charge on any atom is -0.464 e. The molecule has 0 saturated carbocycles. The van der Waals surface area contributed by atoms with Crippen LogP contribution in [0.5, 0.6) is 0 Å². The molecule has 12 heavy (non-hydrogen) atoms. The van der Waals surface area contributed by atoms with E-state index in [2.05, 4.69) is 32.3 Å². The Labute approximate surface area is 84.3 Å². The molecule has 0 aliphatic heterocycles. The average molecular weight is 277 g/mol. The molecule has 0 aromatic carbocycles. The van der Waals surface area contributed by atoms with Gasteiger partial charge in [0.2, 0.25) is 0 Å². The Kier molecular flexibility index (Phi) is 3.46. The lowest BCUT2D eigenvalue weighted by Crippen LogP contribution is -2.07. The van der Waals surface area contributed by atoms with Gasteiger partial charge in [0.25, 0.3) is 0 Å². The van der Waals surface area contributed by atoms with E-state index >= 15 is 0 Å². The zero-order valence-electron chi connectivity index (χ0n) is 6.58. The second-order valence-electron chi connectivity index (χ2n) is 2.14. The summed E-state index contributed by atoms with van der Waals surface area (Å²) in [6.45, 7) is 0. The predicted molar refractivity (Wildman–Crippen MR) is 53.3 cm³/mol. The Bertz CT molecular complexity index is 288. The number of carbonyl (C=O) groups excluding carboxylic acids is 1. The van der Waals surface area contributed by atoms with Crippen LogP contribution < -0.4 is 0 Å². The van der Waals surface area contributed by atoms with E-state index in [9.17, 15) is 4.79 Å². The Balaban J connectivity index is 3.04. The number of aromatic nitrogens is 1. The van der Waals surface area contributed by atoms with Gasteiger partial charge in [-0.25, -0.2) is 9.78 Å². The van der Waals surface area contributed by atoms with Crippen LogP contribution in [0.3, 0.4) is 0 Å². The lowest BCUT2D eigenvalue weighted by molar-refractivity contribution is 0.0593. The first kappa shape index (κ1) is 9.44. The average Bonchev–Trinajstić information content (AvgIpc) is 2.16. The van der Waals surface area contributed by atoms with Crippen molar-refractivity contribution in [3.05, 3.63) is 29.6 Å². The van der Waals surface area contributed by atoms with Crippen LogP contribution >= 0.6 is 22.6 Å². The van der Waals surface area contributed by atoms with E-state index in [-0.39, 0.29) is 5.97 Å². The van der Waals surface area contributed by atoms with E-state index in [1.807, 2.05) is 6.07 Å². The zero-order valence-corrected chi connectivity index (χ0v) is 8.74. The van der Waals surface area contributed by atoms with Crippen LogP contribution in [-0.4, -0.2) is 18.1 Å². The van der Waals surface area contributed by atoms with Crippen LogP contribution in [0.4, 0.5) is 0 Å². The van der Waals surface area contributed by atoms with Crippen LogP contribution in [0.15, 0.2) is 18.3 Å². The lowest BCUT2D eigenvalue weighted by atomic mass is 10.2. The molecule has 1 heterocycles. The maximum Gasteiger partial charge on any atom is 0.356 e. The SMILES string of the molecule is COC(=O)c1ncccc1CI. The number of ether oxygens (including phenoxy) is 1. The molecular formula is C8H8INO2. The van der Waals surface area contributed by atoms with Gasteiger partial charge in [-0.05, 0) is 11.6 Å². The van der Waals surface area contributed by atoms with Gasteiger partial charge < -0.3 is 4.74 Å². The number of halogens is 1. The van der Waals surface area contributed by atoms with Crippen LogP contribution in [0.25, 0.3) is 0 Å². The number of hydrogen-bond donors (Lipinski definition) is 0. The van der Waals surface area contributed by atoms with Gasteiger partial charge in [0, 0.05) is 10.6 Å². The van der Waals surface area contributed by atoms with Crippen LogP contribution in [0.1, 0.15) is 16.1 Å². The number of pyridine rings is 1. The number of nitrogens with zero attached hydrogens (tertiary/aromatic N) is 1. The first-order valence-electron chi connectivity index (χ1n) is 3.37. The summed E-state index contributed by atoms with van der Waals surface area (Å²) in [5.41, 5.74) is 1.32. The molecule has 0 aliphatic rings. The first-order valence-corrected chi connectivity index (χ1v) is 4.90. The summed E-state index contributed by atoms with van der Waals surface area (Å²) in [6, 6.07) is 3.67. The number of rotatable bonds is 2. The van der Waals surface area contributed by atoms with Gasteiger partial charge in [0.1, 0.15) is 0 Å². The first-order chi connectivity index (χ1) is 5.79. The molecule has 1 aromatic rings. The molecule has 3 nitrogen and oxygen atoms in total. The van der Waals surface area contributed by atoms with Crippen molar-refractivity contribution in [2.75, 3.05) is 7.11 Å². The summed E-state index contributed by atoms with van der Waals surface area (Å²) >= 11 is 2.18. The maximum atomic E-state index is 11.1. The number of carbonyl (C=O) groups is 1. The standard InChI is InChI=1S/C8H8INO2/c1-12-8(11)7-6(5-9)3-2-4-10-7/h2-4H,5H2,1H3. The largest absolute Gasteiger partial charge is 0.464 e. The molecule has 1 rings (SSSR count). The molecule has 0 fully saturated rings. The van der Waals surface area contributed by atoms with Crippen molar-refractivity contribution in [2.24, 2.45) is 0 Å². The second kappa shape index (κ2) is 4.39. The fraction of sp³-hybridized carbons (Fsp3) is 0.250. The summed E-state index contributed by atoms with van der Waals surface area (Å²) in [4.78, 5) is 15.0. The third-order valence-electron chi connectivity index (χ3n) is 1.41. The smallest absolute Gasteiger partial charge is 0.356 e. The predicted octanol–water partition coefficient (Wildman–Crippen LogP) is 1.80. The van der Waals surface area contributed by atoms with Crippen molar-refractivity contribution < 1.29 is 9.53 Å². The monoisotopic (exact) mass is 277 g/mol. The van der Waals surface area contributed by atoms with Gasteiger partial charge in [-0.15, -0.1) is 0 Å². The van der Waals surface area contributed by atoms with Crippen molar-refractivity contribution in [3.63, 3.8) is 0 Å². The topological polar surface area (TPSA) is 39.2 Å². The maximum absolute atomic E-state index is 11.1. The van der Waals surface area contributed by atoms with Gasteiger partial charge in [-0.3, -0.25) is 0 Å². The Morgan fingerprint density at radius 2 is 2.50 bits per heavy atom. The van der Waals surface area contributed by atoms with Gasteiger partial charge in [0.05, 0.1) is 7.11 Å². The molecule has 0 unspecified atom stereocenters. The molecule has 0 radical (unpaired) electrons. The second-order valence-corrected chi connectivity index (χ2v) is 2.90. The van der Waals surface area contributed by atoms with Gasteiger partial charge in [-0.1, -0.05) is 28.7 Å². The summed E-state index contributed by atoms with van der Waals surface area (Å²) in [7, 11) is 1.36. The third kappa shape index (κ3) is 1.94. The van der Waals surface area contributed by atoms with Gasteiger partial charge >= 0.3 is 5.97 Å². The minimum absolute atomic E-state index is 0.373. The van der Waals surface area contributed by atoms with Crippen molar-refractivity contribution in [1.29, 1.82) is 0 Å². The van der Waals surface area contributed by atoms with E-state index in [0.29, 0.717) is 5.69 Å². The van der Waals surface area contributed by atoms with E-state index in [1.54, 1.807) is 12.3 Å². The highest BCUT2D eigenvalue weighted by Crippen LogP contribution is 2.10. The van der Waals surface area contributed by atoms with Crippen molar-refractivity contribution in [1.82, 2.24) is 4.98 Å². The molecule has 0 atom stereocenters. The molecule has 4 heteroatoms. The highest BCUT2D eigenvalue weighted by Gasteiger charge is 2.10. The highest BCUT2D eigenvalue weighted by molar-refractivity contribution is 14.1. The summed E-state index contributed by atoms with van der Waals surface area (Å²) in [6.07, 6.45) is 1.59. The van der Waals surface area contributed by atoms with Crippen molar-refractivity contribution >= 4 is 28.6 Å². The quantitative estimate of drug-likeness (QED) is 0.470. The fourth-order valence-corrected chi connectivity index (χ4v) is 1.44. The van der Waals surface area contributed by atoms with E-state index in [4.69, 9.17) is 0 Å². The molecule has 0 bridgehead atoms. The van der Waals surface area contributed by atoms with Crippen LogP contribution in [0.2, 0.25) is 0 Å². The molecule has 0 amide bonds. The van der Waals surface area contributed by atoms with E-state index < -0.39 is 0 Å². The third-order valence-corrected chi connectivity index (χ3v) is 2.24. The summed E-state index contributed by atoms with van der Waals surface area (Å²) in [5, 5.41) is 0. The highest BCUT2D eigenvalue weighted by atomic mass is 127. The summed E-state index contributed by atoms with van der Waals surface area (Å²) in [5.74, 6) is -0.373. The minimum atomic E-state index is -0.373. The Morgan fingerprint density at radius 3 is 3.08 bits per heavy atom. The molecular weight excluding hydrogens is 269 g/mol. The zero-order chi connectivity index (χ0) is 8.97. The molecule has 0 spiro atoms. The molecule has 64 valence electrons. The molecule has 0 N–H and O–H groups in total. The number of esters is 1. The van der Waals surface area contributed by atoms with Crippen molar-refractivity contribution in [3.8, 4) is 0 Å². The Hall–Kier alpha value is -0.650. The number of hydrogen-bond acceptors (Lipinski definition) is 3. The van der Waals surface area contributed by atoms with E-state index in [0.717, 1.165) is 9.99 Å². The lowest BCUT2D eigenvalue weighted by Gasteiger charge is -2.01. The molecule has 0 saturated heterocycles. The number of alkyl halides is 1.